The molecule has 1 aromatic heterocycles. The maximum absolute atomic E-state index is 12.3. The summed E-state index contributed by atoms with van der Waals surface area (Å²) < 4.78 is 1.86. The Morgan fingerprint density at radius 2 is 1.92 bits per heavy atom. The first kappa shape index (κ1) is 17.2. The maximum atomic E-state index is 12.3. The molecule has 3 rings (SSSR count). The number of rotatable bonds is 7. The number of hydrogen-bond donors (Lipinski definition) is 2. The fraction of sp³-hybridized carbons (Fsp3) is 0.300. The third-order valence-corrected chi connectivity index (χ3v) is 4.30. The van der Waals surface area contributed by atoms with Crippen molar-refractivity contribution < 1.29 is 4.79 Å². The van der Waals surface area contributed by atoms with E-state index in [0.29, 0.717) is 0 Å². The van der Waals surface area contributed by atoms with Crippen LogP contribution in [0.25, 0.3) is 10.8 Å². The zero-order valence-electron chi connectivity index (χ0n) is 14.6. The molecule has 5 heteroatoms. The van der Waals surface area contributed by atoms with Gasteiger partial charge in [-0.25, -0.2) is 0 Å². The molecular formula is C20H24N4O. The summed E-state index contributed by atoms with van der Waals surface area (Å²) in [7, 11) is 0. The SMILES string of the molecule is C[C@H](NC(=O)CN[C@@H](C)Cn1cccn1)c1cccc2ccccc12. The lowest BCUT2D eigenvalue weighted by Crippen LogP contribution is -2.40. The summed E-state index contributed by atoms with van der Waals surface area (Å²) in [6.45, 7) is 5.09. The summed E-state index contributed by atoms with van der Waals surface area (Å²) in [5.74, 6) is -0.00671. The van der Waals surface area contributed by atoms with Crippen LogP contribution in [0.5, 0.6) is 0 Å². The minimum atomic E-state index is -0.0400. The highest BCUT2D eigenvalue weighted by Gasteiger charge is 2.13. The van der Waals surface area contributed by atoms with Crippen LogP contribution in [-0.2, 0) is 11.3 Å². The van der Waals surface area contributed by atoms with Crippen molar-refractivity contribution in [3.05, 3.63) is 66.5 Å². The van der Waals surface area contributed by atoms with E-state index >= 15 is 0 Å². The van der Waals surface area contributed by atoms with E-state index in [9.17, 15) is 4.79 Å². The standard InChI is InChI=1S/C20H24N4O/c1-15(14-24-12-6-11-22-24)21-13-20(25)23-16(2)18-10-5-8-17-7-3-4-9-19(17)18/h3-12,15-16,21H,13-14H2,1-2H3,(H,23,25)/t15-,16-/m0/s1. The highest BCUT2D eigenvalue weighted by Crippen LogP contribution is 2.23. The number of carbonyl (C=O) groups is 1. The number of carbonyl (C=O) groups excluding carboxylic acids is 1. The quantitative estimate of drug-likeness (QED) is 0.697. The molecule has 0 radical (unpaired) electrons. The van der Waals surface area contributed by atoms with Crippen molar-refractivity contribution in [1.29, 1.82) is 0 Å². The van der Waals surface area contributed by atoms with E-state index in [0.717, 1.165) is 12.1 Å². The van der Waals surface area contributed by atoms with Gasteiger partial charge in [0.1, 0.15) is 0 Å². The van der Waals surface area contributed by atoms with Gasteiger partial charge in [0.25, 0.3) is 0 Å². The first-order valence-electron chi connectivity index (χ1n) is 8.61. The Morgan fingerprint density at radius 1 is 1.12 bits per heavy atom. The molecule has 0 aliphatic rings. The second-order valence-corrected chi connectivity index (χ2v) is 6.37. The Labute approximate surface area is 148 Å². The second kappa shape index (κ2) is 7.94. The number of nitrogens with zero attached hydrogens (tertiary/aromatic N) is 2. The van der Waals surface area contributed by atoms with Crippen LogP contribution in [-0.4, -0.2) is 28.3 Å². The van der Waals surface area contributed by atoms with Gasteiger partial charge in [-0.2, -0.15) is 5.10 Å². The van der Waals surface area contributed by atoms with Gasteiger partial charge in [-0.3, -0.25) is 9.48 Å². The summed E-state index contributed by atoms with van der Waals surface area (Å²) in [5.41, 5.74) is 1.14. The van der Waals surface area contributed by atoms with Gasteiger partial charge < -0.3 is 10.6 Å². The van der Waals surface area contributed by atoms with E-state index in [2.05, 4.69) is 40.0 Å². The fourth-order valence-corrected chi connectivity index (χ4v) is 3.02. The van der Waals surface area contributed by atoms with Gasteiger partial charge in [-0.05, 0) is 36.2 Å². The highest BCUT2D eigenvalue weighted by molar-refractivity contribution is 5.87. The van der Waals surface area contributed by atoms with E-state index in [-0.39, 0.29) is 24.5 Å². The molecule has 0 fully saturated rings. The molecule has 1 amide bonds. The smallest absolute Gasteiger partial charge is 0.234 e. The molecule has 0 aliphatic carbocycles. The van der Waals surface area contributed by atoms with E-state index < -0.39 is 0 Å². The van der Waals surface area contributed by atoms with Crippen LogP contribution in [0.2, 0.25) is 0 Å². The molecule has 0 unspecified atom stereocenters. The van der Waals surface area contributed by atoms with E-state index in [1.165, 1.54) is 10.8 Å². The first-order valence-corrected chi connectivity index (χ1v) is 8.61. The largest absolute Gasteiger partial charge is 0.348 e. The molecule has 25 heavy (non-hydrogen) atoms. The van der Waals surface area contributed by atoms with Gasteiger partial charge in [-0.15, -0.1) is 0 Å². The lowest BCUT2D eigenvalue weighted by Gasteiger charge is -2.18. The van der Waals surface area contributed by atoms with Gasteiger partial charge in [0.15, 0.2) is 0 Å². The van der Waals surface area contributed by atoms with Crippen LogP contribution in [0.4, 0.5) is 0 Å². The van der Waals surface area contributed by atoms with Crippen LogP contribution >= 0.6 is 0 Å². The van der Waals surface area contributed by atoms with E-state index in [1.807, 2.05) is 49.0 Å². The van der Waals surface area contributed by atoms with Crippen molar-refractivity contribution >= 4 is 16.7 Å². The van der Waals surface area contributed by atoms with Gasteiger partial charge in [-0.1, -0.05) is 42.5 Å². The monoisotopic (exact) mass is 336 g/mol. The molecule has 5 nitrogen and oxygen atoms in total. The first-order chi connectivity index (χ1) is 12.1. The Balaban J connectivity index is 1.55. The molecule has 0 bridgehead atoms. The number of nitrogens with one attached hydrogen (secondary N) is 2. The molecule has 0 saturated heterocycles. The topological polar surface area (TPSA) is 59.0 Å². The van der Waals surface area contributed by atoms with Crippen molar-refractivity contribution in [2.24, 2.45) is 0 Å². The predicted octanol–water partition coefficient (Wildman–Crippen LogP) is 2.89. The number of hydrogen-bond acceptors (Lipinski definition) is 3. The third-order valence-electron chi connectivity index (χ3n) is 4.30. The zero-order valence-corrected chi connectivity index (χ0v) is 14.6. The van der Waals surface area contributed by atoms with Crippen molar-refractivity contribution in [3.63, 3.8) is 0 Å². The van der Waals surface area contributed by atoms with Crippen molar-refractivity contribution in [2.75, 3.05) is 6.54 Å². The van der Waals surface area contributed by atoms with Gasteiger partial charge >= 0.3 is 0 Å². The summed E-state index contributed by atoms with van der Waals surface area (Å²) in [6.07, 6.45) is 3.67. The Kier molecular flexibility index (Phi) is 5.46. The van der Waals surface area contributed by atoms with Crippen LogP contribution in [0.3, 0.4) is 0 Å². The van der Waals surface area contributed by atoms with Crippen molar-refractivity contribution in [1.82, 2.24) is 20.4 Å². The zero-order chi connectivity index (χ0) is 17.6. The van der Waals surface area contributed by atoms with Crippen LogP contribution < -0.4 is 10.6 Å². The summed E-state index contributed by atoms with van der Waals surface area (Å²) in [4.78, 5) is 12.3. The molecular weight excluding hydrogens is 312 g/mol. The Hall–Kier alpha value is -2.66. The molecule has 0 saturated carbocycles. The van der Waals surface area contributed by atoms with Crippen molar-refractivity contribution in [2.45, 2.75) is 32.5 Å². The van der Waals surface area contributed by atoms with Gasteiger partial charge in [0, 0.05) is 18.4 Å². The molecule has 130 valence electrons. The van der Waals surface area contributed by atoms with Gasteiger partial charge in [0.2, 0.25) is 5.91 Å². The summed E-state index contributed by atoms with van der Waals surface area (Å²) >= 11 is 0. The lowest BCUT2D eigenvalue weighted by molar-refractivity contribution is -0.121. The van der Waals surface area contributed by atoms with Crippen molar-refractivity contribution in [3.8, 4) is 0 Å². The minimum Gasteiger partial charge on any atom is -0.348 e. The second-order valence-electron chi connectivity index (χ2n) is 6.37. The van der Waals surface area contributed by atoms with Crippen LogP contribution in [0, 0.1) is 0 Å². The average Bonchev–Trinajstić information content (AvgIpc) is 3.12. The molecule has 0 aliphatic heterocycles. The summed E-state index contributed by atoms with van der Waals surface area (Å²) in [5, 5.41) is 12.9. The molecule has 1 heterocycles. The maximum Gasteiger partial charge on any atom is 0.234 e. The van der Waals surface area contributed by atoms with E-state index in [4.69, 9.17) is 0 Å². The Bertz CT molecular complexity index is 823. The molecule has 2 aromatic carbocycles. The molecule has 2 atom stereocenters. The van der Waals surface area contributed by atoms with Crippen LogP contribution in [0.15, 0.2) is 60.9 Å². The third kappa shape index (κ3) is 4.45. The predicted molar refractivity (Wildman–Crippen MR) is 100 cm³/mol. The normalized spacial score (nSPS) is 13.5. The van der Waals surface area contributed by atoms with Gasteiger partial charge in [0.05, 0.1) is 19.1 Å². The molecule has 0 spiro atoms. The molecule has 2 N–H and O–H groups in total. The molecule has 3 aromatic rings. The summed E-state index contributed by atoms with van der Waals surface area (Å²) in [6, 6.07) is 16.5. The Morgan fingerprint density at radius 3 is 2.72 bits per heavy atom. The fourth-order valence-electron chi connectivity index (χ4n) is 3.02. The van der Waals surface area contributed by atoms with Crippen LogP contribution in [0.1, 0.15) is 25.5 Å². The minimum absolute atomic E-state index is 0.00671. The number of aromatic nitrogens is 2. The highest BCUT2D eigenvalue weighted by atomic mass is 16.1. The number of fused-ring (bicyclic) bond motifs is 1. The number of benzene rings is 2. The lowest BCUT2D eigenvalue weighted by atomic mass is 10.00. The average molecular weight is 336 g/mol. The van der Waals surface area contributed by atoms with E-state index in [1.54, 1.807) is 6.20 Å². The number of amides is 1.